The van der Waals surface area contributed by atoms with Gasteiger partial charge >= 0.3 is 0 Å². The van der Waals surface area contributed by atoms with Crippen molar-refractivity contribution in [2.75, 3.05) is 39.8 Å². The van der Waals surface area contributed by atoms with Crippen LogP contribution in [0.15, 0.2) is 0 Å². The van der Waals surface area contributed by atoms with Crippen LogP contribution in [-0.2, 0) is 0 Å². The van der Waals surface area contributed by atoms with Crippen molar-refractivity contribution < 1.29 is 0 Å². The summed E-state index contributed by atoms with van der Waals surface area (Å²) in [7, 11) is 2.23. The summed E-state index contributed by atoms with van der Waals surface area (Å²) in [4.78, 5) is 2.44. The van der Waals surface area contributed by atoms with Gasteiger partial charge in [-0.15, -0.1) is 0 Å². The minimum absolute atomic E-state index is 0.806. The average molecular weight is 199 g/mol. The van der Waals surface area contributed by atoms with Gasteiger partial charge in [-0.2, -0.15) is 0 Å². The third-order valence-corrected chi connectivity index (χ3v) is 3.06. The molecule has 0 aliphatic carbocycles. The van der Waals surface area contributed by atoms with Gasteiger partial charge in [-0.1, -0.05) is 0 Å². The predicted octanol–water partition coefficient (Wildman–Crippen LogP) is 0.657. The third kappa shape index (κ3) is 4.94. The molecule has 0 aromatic rings. The Hall–Kier alpha value is -0.120. The van der Waals surface area contributed by atoms with Gasteiger partial charge in [0.2, 0.25) is 0 Å². The van der Waals surface area contributed by atoms with Crippen molar-refractivity contribution in [3.8, 4) is 0 Å². The summed E-state index contributed by atoms with van der Waals surface area (Å²) in [6, 6.07) is 0. The molecule has 1 heterocycles. The van der Waals surface area contributed by atoms with Crippen LogP contribution in [0, 0.1) is 5.92 Å². The summed E-state index contributed by atoms with van der Waals surface area (Å²) in [5.74, 6) is 0.887. The van der Waals surface area contributed by atoms with Crippen LogP contribution in [0.1, 0.15) is 25.7 Å². The Morgan fingerprint density at radius 2 is 2.21 bits per heavy atom. The summed E-state index contributed by atoms with van der Waals surface area (Å²) in [6.07, 6.45) is 5.21. The maximum atomic E-state index is 5.44. The first-order chi connectivity index (χ1) is 6.83. The molecule has 0 spiro atoms. The minimum Gasteiger partial charge on any atom is -0.330 e. The van der Waals surface area contributed by atoms with Gasteiger partial charge in [0, 0.05) is 0 Å². The second-order valence-electron chi connectivity index (χ2n) is 4.45. The number of nitrogens with one attached hydrogen (secondary N) is 1. The first kappa shape index (κ1) is 12.0. The van der Waals surface area contributed by atoms with Crippen LogP contribution < -0.4 is 11.1 Å². The molecule has 0 aromatic heterocycles. The van der Waals surface area contributed by atoms with E-state index in [2.05, 4.69) is 17.3 Å². The van der Waals surface area contributed by atoms with Gasteiger partial charge in [0.05, 0.1) is 0 Å². The van der Waals surface area contributed by atoms with Crippen molar-refractivity contribution in [1.29, 1.82) is 0 Å². The van der Waals surface area contributed by atoms with E-state index in [4.69, 9.17) is 5.73 Å². The minimum atomic E-state index is 0.806. The highest BCUT2D eigenvalue weighted by molar-refractivity contribution is 4.69. The number of nitrogens with two attached hydrogens (primary N) is 1. The molecule has 1 unspecified atom stereocenters. The Bertz CT molecular complexity index is 138. The van der Waals surface area contributed by atoms with E-state index in [0.29, 0.717) is 0 Å². The lowest BCUT2D eigenvalue weighted by Crippen LogP contribution is -2.26. The quantitative estimate of drug-likeness (QED) is 0.639. The summed E-state index contributed by atoms with van der Waals surface area (Å²) < 4.78 is 0. The predicted molar refractivity (Wildman–Crippen MR) is 61.4 cm³/mol. The molecule has 1 rings (SSSR count). The van der Waals surface area contributed by atoms with Crippen LogP contribution in [0.3, 0.4) is 0 Å². The largest absolute Gasteiger partial charge is 0.330 e. The Balaban J connectivity index is 2.05. The van der Waals surface area contributed by atoms with Crippen LogP contribution in [0.2, 0.25) is 0 Å². The molecule has 0 amide bonds. The van der Waals surface area contributed by atoms with E-state index in [0.717, 1.165) is 25.4 Å². The molecule has 3 heteroatoms. The van der Waals surface area contributed by atoms with E-state index in [1.807, 2.05) is 0 Å². The monoisotopic (exact) mass is 199 g/mol. The van der Waals surface area contributed by atoms with Crippen molar-refractivity contribution in [3.63, 3.8) is 0 Å². The molecule has 1 saturated heterocycles. The zero-order valence-corrected chi connectivity index (χ0v) is 9.47. The smallest absolute Gasteiger partial charge is 0.00187 e. The zero-order valence-electron chi connectivity index (χ0n) is 9.47. The van der Waals surface area contributed by atoms with Gasteiger partial charge in [-0.05, 0) is 71.4 Å². The maximum Gasteiger partial charge on any atom is -0.00187 e. The van der Waals surface area contributed by atoms with Crippen LogP contribution >= 0.6 is 0 Å². The fourth-order valence-corrected chi connectivity index (χ4v) is 2.05. The van der Waals surface area contributed by atoms with Crippen molar-refractivity contribution in [2.24, 2.45) is 11.7 Å². The molecule has 14 heavy (non-hydrogen) atoms. The first-order valence-corrected chi connectivity index (χ1v) is 5.92. The van der Waals surface area contributed by atoms with Crippen LogP contribution in [-0.4, -0.2) is 44.7 Å². The molecule has 1 aliphatic rings. The molecule has 0 aromatic carbocycles. The summed E-state index contributed by atoms with van der Waals surface area (Å²) in [5.41, 5.74) is 5.44. The molecule has 3 nitrogen and oxygen atoms in total. The van der Waals surface area contributed by atoms with Crippen molar-refractivity contribution in [3.05, 3.63) is 0 Å². The first-order valence-electron chi connectivity index (χ1n) is 5.92. The third-order valence-electron chi connectivity index (χ3n) is 3.06. The molecular formula is C11H25N3. The molecule has 0 bridgehead atoms. The molecule has 1 fully saturated rings. The van der Waals surface area contributed by atoms with Gasteiger partial charge in [-0.3, -0.25) is 0 Å². The molecular weight excluding hydrogens is 174 g/mol. The number of likely N-dealkylation sites (tertiary alicyclic amines) is 1. The normalized spacial score (nSPS) is 24.9. The number of nitrogens with zero attached hydrogens (tertiary/aromatic N) is 1. The lowest BCUT2D eigenvalue weighted by atomic mass is 10.0. The maximum absolute atomic E-state index is 5.44. The second-order valence-corrected chi connectivity index (χ2v) is 4.45. The fourth-order valence-electron chi connectivity index (χ4n) is 2.05. The van der Waals surface area contributed by atoms with E-state index in [9.17, 15) is 0 Å². The molecule has 1 aliphatic heterocycles. The van der Waals surface area contributed by atoms with Crippen molar-refractivity contribution in [2.45, 2.75) is 25.7 Å². The molecule has 0 saturated carbocycles. The lowest BCUT2D eigenvalue weighted by Gasteiger charge is -2.15. The Morgan fingerprint density at radius 3 is 3.00 bits per heavy atom. The summed E-state index contributed by atoms with van der Waals surface area (Å²) in [5, 5.41) is 3.50. The zero-order chi connectivity index (χ0) is 10.2. The standard InChI is InChI=1S/C11H25N3/c1-14-8-2-4-11(5-9-14)10-13-7-3-6-12/h11,13H,2-10,12H2,1H3. The Morgan fingerprint density at radius 1 is 1.36 bits per heavy atom. The summed E-state index contributed by atoms with van der Waals surface area (Å²) in [6.45, 7) is 5.62. The molecule has 1 atom stereocenters. The molecule has 0 radical (unpaired) electrons. The number of hydrogen-bond acceptors (Lipinski definition) is 3. The Labute approximate surface area is 88.0 Å². The van der Waals surface area contributed by atoms with Crippen LogP contribution in [0.5, 0.6) is 0 Å². The van der Waals surface area contributed by atoms with E-state index in [1.54, 1.807) is 0 Å². The van der Waals surface area contributed by atoms with Crippen molar-refractivity contribution >= 4 is 0 Å². The highest BCUT2D eigenvalue weighted by Gasteiger charge is 2.13. The van der Waals surface area contributed by atoms with E-state index in [1.165, 1.54) is 38.9 Å². The summed E-state index contributed by atoms with van der Waals surface area (Å²) >= 11 is 0. The van der Waals surface area contributed by atoms with E-state index in [-0.39, 0.29) is 0 Å². The average Bonchev–Trinajstić information content (AvgIpc) is 2.38. The van der Waals surface area contributed by atoms with Gasteiger partial charge in [0.15, 0.2) is 0 Å². The molecule has 84 valence electrons. The van der Waals surface area contributed by atoms with E-state index < -0.39 is 0 Å². The fraction of sp³-hybridized carbons (Fsp3) is 1.00. The second kappa shape index (κ2) is 7.21. The number of hydrogen-bond donors (Lipinski definition) is 2. The van der Waals surface area contributed by atoms with Gasteiger partial charge in [0.1, 0.15) is 0 Å². The van der Waals surface area contributed by atoms with Crippen LogP contribution in [0.25, 0.3) is 0 Å². The van der Waals surface area contributed by atoms with Gasteiger partial charge < -0.3 is 16.0 Å². The van der Waals surface area contributed by atoms with E-state index >= 15 is 0 Å². The molecule has 3 N–H and O–H groups in total. The SMILES string of the molecule is CN1CCCC(CNCCCN)CC1. The highest BCUT2D eigenvalue weighted by atomic mass is 15.1. The Kier molecular flexibility index (Phi) is 6.15. The van der Waals surface area contributed by atoms with Gasteiger partial charge in [-0.25, -0.2) is 0 Å². The number of rotatable bonds is 5. The van der Waals surface area contributed by atoms with Crippen molar-refractivity contribution in [1.82, 2.24) is 10.2 Å². The van der Waals surface area contributed by atoms with Crippen LogP contribution in [0.4, 0.5) is 0 Å². The highest BCUT2D eigenvalue weighted by Crippen LogP contribution is 2.15. The topological polar surface area (TPSA) is 41.3 Å². The lowest BCUT2D eigenvalue weighted by molar-refractivity contribution is 0.339. The van der Waals surface area contributed by atoms with Gasteiger partial charge in [0.25, 0.3) is 0 Å².